The molecule has 2 aromatic rings. The second-order valence-electron chi connectivity index (χ2n) is 6.15. The van der Waals surface area contributed by atoms with Gasteiger partial charge in [0.05, 0.1) is 29.8 Å². The second-order valence-corrected chi connectivity index (χ2v) is 6.15. The SMILES string of the molecule is COCCN1C(=O)c2ccc(C(=O)Oc3ccc(C)c(C)c3)cc2C1=O. The highest BCUT2D eigenvalue weighted by atomic mass is 16.5. The number of aryl methyl sites for hydroxylation is 2. The Bertz CT molecular complexity index is 903. The monoisotopic (exact) mass is 353 g/mol. The van der Waals surface area contributed by atoms with Gasteiger partial charge in [0, 0.05) is 7.11 Å². The average molecular weight is 353 g/mol. The van der Waals surface area contributed by atoms with Crippen LogP contribution in [0.2, 0.25) is 0 Å². The van der Waals surface area contributed by atoms with Crippen molar-refractivity contribution in [2.24, 2.45) is 0 Å². The maximum Gasteiger partial charge on any atom is 0.343 e. The molecule has 6 nitrogen and oxygen atoms in total. The molecule has 2 aromatic carbocycles. The van der Waals surface area contributed by atoms with Gasteiger partial charge in [0.15, 0.2) is 0 Å². The average Bonchev–Trinajstić information content (AvgIpc) is 2.86. The Morgan fingerprint density at radius 2 is 1.69 bits per heavy atom. The van der Waals surface area contributed by atoms with E-state index >= 15 is 0 Å². The molecule has 0 radical (unpaired) electrons. The van der Waals surface area contributed by atoms with Crippen LogP contribution in [0.5, 0.6) is 5.75 Å². The van der Waals surface area contributed by atoms with Crippen molar-refractivity contribution in [2.45, 2.75) is 13.8 Å². The molecule has 26 heavy (non-hydrogen) atoms. The van der Waals surface area contributed by atoms with E-state index in [-0.39, 0.29) is 35.7 Å². The number of hydrogen-bond donors (Lipinski definition) is 0. The number of hydrogen-bond acceptors (Lipinski definition) is 5. The lowest BCUT2D eigenvalue weighted by atomic mass is 10.1. The van der Waals surface area contributed by atoms with E-state index in [1.165, 1.54) is 25.3 Å². The van der Waals surface area contributed by atoms with Crippen molar-refractivity contribution < 1.29 is 23.9 Å². The first-order valence-corrected chi connectivity index (χ1v) is 8.21. The molecule has 0 saturated carbocycles. The largest absolute Gasteiger partial charge is 0.423 e. The van der Waals surface area contributed by atoms with Gasteiger partial charge in [-0.1, -0.05) is 6.07 Å². The Morgan fingerprint density at radius 3 is 2.38 bits per heavy atom. The first-order chi connectivity index (χ1) is 12.4. The fourth-order valence-corrected chi connectivity index (χ4v) is 2.75. The first kappa shape index (κ1) is 17.8. The summed E-state index contributed by atoms with van der Waals surface area (Å²) in [6, 6.07) is 9.76. The smallest absolute Gasteiger partial charge is 0.343 e. The third-order valence-electron chi connectivity index (χ3n) is 4.41. The predicted octanol–water partition coefficient (Wildman–Crippen LogP) is 2.77. The fraction of sp³-hybridized carbons (Fsp3) is 0.250. The molecule has 3 rings (SSSR count). The minimum Gasteiger partial charge on any atom is -0.423 e. The van der Waals surface area contributed by atoms with Crippen LogP contribution < -0.4 is 4.74 Å². The van der Waals surface area contributed by atoms with E-state index in [1.807, 2.05) is 19.9 Å². The van der Waals surface area contributed by atoms with Gasteiger partial charge in [0.1, 0.15) is 5.75 Å². The van der Waals surface area contributed by atoms with Gasteiger partial charge < -0.3 is 9.47 Å². The van der Waals surface area contributed by atoms with Crippen molar-refractivity contribution in [1.82, 2.24) is 4.90 Å². The Kier molecular flexibility index (Phi) is 4.86. The molecule has 1 aliphatic heterocycles. The number of fused-ring (bicyclic) bond motifs is 1. The summed E-state index contributed by atoms with van der Waals surface area (Å²) in [5.41, 5.74) is 2.83. The van der Waals surface area contributed by atoms with Gasteiger partial charge in [-0.25, -0.2) is 4.79 Å². The van der Waals surface area contributed by atoms with Crippen LogP contribution in [0, 0.1) is 13.8 Å². The summed E-state index contributed by atoms with van der Waals surface area (Å²) >= 11 is 0. The van der Waals surface area contributed by atoms with Gasteiger partial charge in [-0.15, -0.1) is 0 Å². The lowest BCUT2D eigenvalue weighted by Crippen LogP contribution is -2.32. The number of esters is 1. The number of imide groups is 1. The topological polar surface area (TPSA) is 72.9 Å². The van der Waals surface area contributed by atoms with Crippen LogP contribution in [0.15, 0.2) is 36.4 Å². The predicted molar refractivity (Wildman–Crippen MR) is 94.6 cm³/mol. The minimum absolute atomic E-state index is 0.172. The number of methoxy groups -OCH3 is 1. The van der Waals surface area contributed by atoms with E-state index in [0.29, 0.717) is 5.75 Å². The van der Waals surface area contributed by atoms with Gasteiger partial charge in [0.25, 0.3) is 11.8 Å². The van der Waals surface area contributed by atoms with Crippen molar-refractivity contribution in [1.29, 1.82) is 0 Å². The number of carbonyl (C=O) groups is 3. The fourth-order valence-electron chi connectivity index (χ4n) is 2.75. The number of ether oxygens (including phenoxy) is 2. The number of carbonyl (C=O) groups excluding carboxylic acids is 3. The maximum atomic E-state index is 12.4. The molecule has 0 unspecified atom stereocenters. The Hall–Kier alpha value is -2.99. The standard InChI is InChI=1S/C20H19NO5/c1-12-4-6-15(10-13(12)2)26-20(24)14-5-7-16-17(11-14)19(23)21(18(16)22)8-9-25-3/h4-7,10-11H,8-9H2,1-3H3. The molecule has 0 atom stereocenters. The number of amides is 2. The zero-order valence-electron chi connectivity index (χ0n) is 14.9. The molecule has 0 fully saturated rings. The lowest BCUT2D eigenvalue weighted by molar-refractivity contribution is 0.0603. The van der Waals surface area contributed by atoms with Crippen LogP contribution in [0.1, 0.15) is 42.2 Å². The molecular formula is C20H19NO5. The highest BCUT2D eigenvalue weighted by Crippen LogP contribution is 2.25. The summed E-state index contributed by atoms with van der Waals surface area (Å²) < 4.78 is 10.3. The van der Waals surface area contributed by atoms with Crippen LogP contribution in [0.4, 0.5) is 0 Å². The Balaban J connectivity index is 1.82. The van der Waals surface area contributed by atoms with E-state index < -0.39 is 11.9 Å². The zero-order valence-corrected chi connectivity index (χ0v) is 14.9. The van der Waals surface area contributed by atoms with Crippen LogP contribution in [0.3, 0.4) is 0 Å². The zero-order chi connectivity index (χ0) is 18.8. The molecular weight excluding hydrogens is 334 g/mol. The molecule has 0 saturated heterocycles. The molecule has 6 heteroatoms. The van der Waals surface area contributed by atoms with E-state index in [1.54, 1.807) is 12.1 Å². The summed E-state index contributed by atoms with van der Waals surface area (Å²) in [5.74, 6) is -0.951. The third-order valence-corrected chi connectivity index (χ3v) is 4.41. The van der Waals surface area contributed by atoms with Crippen molar-refractivity contribution in [2.75, 3.05) is 20.3 Å². The summed E-state index contributed by atoms with van der Waals surface area (Å²) in [6.07, 6.45) is 0. The summed E-state index contributed by atoms with van der Waals surface area (Å²) in [4.78, 5) is 38.2. The normalized spacial score (nSPS) is 13.1. The summed E-state index contributed by atoms with van der Waals surface area (Å²) in [5, 5.41) is 0. The van der Waals surface area contributed by atoms with E-state index in [4.69, 9.17) is 9.47 Å². The second kappa shape index (κ2) is 7.09. The lowest BCUT2D eigenvalue weighted by Gasteiger charge is -2.12. The van der Waals surface area contributed by atoms with Crippen molar-refractivity contribution >= 4 is 17.8 Å². The minimum atomic E-state index is -0.577. The van der Waals surface area contributed by atoms with Gasteiger partial charge in [-0.3, -0.25) is 14.5 Å². The number of benzene rings is 2. The van der Waals surface area contributed by atoms with Crippen molar-refractivity contribution in [3.05, 3.63) is 64.2 Å². The van der Waals surface area contributed by atoms with Crippen molar-refractivity contribution in [3.63, 3.8) is 0 Å². The number of nitrogens with zero attached hydrogens (tertiary/aromatic N) is 1. The first-order valence-electron chi connectivity index (χ1n) is 8.21. The van der Waals surface area contributed by atoms with Gasteiger partial charge in [-0.2, -0.15) is 0 Å². The van der Waals surface area contributed by atoms with E-state index in [0.717, 1.165) is 16.0 Å². The molecule has 134 valence electrons. The van der Waals surface area contributed by atoms with Crippen LogP contribution >= 0.6 is 0 Å². The van der Waals surface area contributed by atoms with Crippen LogP contribution in [0.25, 0.3) is 0 Å². The third kappa shape index (κ3) is 3.23. The molecule has 2 amide bonds. The maximum absolute atomic E-state index is 12.4. The Morgan fingerprint density at radius 1 is 0.962 bits per heavy atom. The summed E-state index contributed by atoms with van der Waals surface area (Å²) in [7, 11) is 1.50. The molecule has 1 heterocycles. The van der Waals surface area contributed by atoms with Gasteiger partial charge in [0.2, 0.25) is 0 Å². The van der Waals surface area contributed by atoms with E-state index in [2.05, 4.69) is 0 Å². The molecule has 0 N–H and O–H groups in total. The van der Waals surface area contributed by atoms with E-state index in [9.17, 15) is 14.4 Å². The van der Waals surface area contributed by atoms with Crippen molar-refractivity contribution in [3.8, 4) is 5.75 Å². The van der Waals surface area contributed by atoms with Gasteiger partial charge in [-0.05, 0) is 55.3 Å². The molecule has 0 spiro atoms. The molecule has 0 bridgehead atoms. The van der Waals surface area contributed by atoms with Gasteiger partial charge >= 0.3 is 5.97 Å². The molecule has 0 aliphatic carbocycles. The van der Waals surface area contributed by atoms with Crippen LogP contribution in [-0.2, 0) is 4.74 Å². The van der Waals surface area contributed by atoms with Crippen LogP contribution in [-0.4, -0.2) is 42.9 Å². The molecule has 0 aromatic heterocycles. The highest BCUT2D eigenvalue weighted by molar-refractivity contribution is 6.22. The summed E-state index contributed by atoms with van der Waals surface area (Å²) in [6.45, 7) is 4.33. The highest BCUT2D eigenvalue weighted by Gasteiger charge is 2.35. The Labute approximate surface area is 151 Å². The molecule has 1 aliphatic rings. The number of rotatable bonds is 5. The quantitative estimate of drug-likeness (QED) is 0.469.